The number of hydrogen-bond donors (Lipinski definition) is 0. The van der Waals surface area contributed by atoms with Crippen molar-refractivity contribution in [1.29, 1.82) is 0 Å². The van der Waals surface area contributed by atoms with Crippen LogP contribution >= 0.6 is 0 Å². The Kier molecular flexibility index (Phi) is 8.58. The molecule has 0 aromatic heterocycles. The van der Waals surface area contributed by atoms with Gasteiger partial charge in [0.05, 0.1) is 0 Å². The second-order valence-corrected chi connectivity index (χ2v) is 9.31. The van der Waals surface area contributed by atoms with Crippen LogP contribution in [0, 0.1) is 12.5 Å². The van der Waals surface area contributed by atoms with Crippen LogP contribution in [-0.2, 0) is 30.7 Å². The van der Waals surface area contributed by atoms with Gasteiger partial charge in [0.1, 0.15) is 0 Å². The van der Waals surface area contributed by atoms with E-state index in [0.29, 0.717) is 0 Å². The molecule has 0 heterocycles. The van der Waals surface area contributed by atoms with Crippen molar-refractivity contribution in [2.45, 2.75) is 32.1 Å². The first-order chi connectivity index (χ1) is 15.8. The van der Waals surface area contributed by atoms with E-state index in [9.17, 15) is 0 Å². The second-order valence-electron chi connectivity index (χ2n) is 8.08. The van der Waals surface area contributed by atoms with Gasteiger partial charge in [-0.1, -0.05) is 48.2 Å². The SMILES string of the molecule is [CH-]1CCCC1.[Zr+2]=[C](c1ccccc1)c1ccccc1.[c-]1cccc2c1Cc1ccccc1-2. The van der Waals surface area contributed by atoms with Gasteiger partial charge >= 0.3 is 99.2 Å². The second kappa shape index (κ2) is 12.0. The summed E-state index contributed by atoms with van der Waals surface area (Å²) in [6, 6.07) is 39.2. The Morgan fingerprint density at radius 3 is 1.81 bits per heavy atom. The first-order valence-corrected chi connectivity index (χ1v) is 12.6. The van der Waals surface area contributed by atoms with Crippen LogP contribution in [0.2, 0.25) is 0 Å². The zero-order chi connectivity index (χ0) is 22.0. The predicted molar refractivity (Wildman–Crippen MR) is 132 cm³/mol. The average molecular weight is 492 g/mol. The zero-order valence-corrected chi connectivity index (χ0v) is 20.9. The summed E-state index contributed by atoms with van der Waals surface area (Å²) >= 11 is 1.46. The maximum absolute atomic E-state index is 3.30. The number of hydrogen-bond acceptors (Lipinski definition) is 0. The van der Waals surface area contributed by atoms with Gasteiger partial charge in [-0.15, -0.1) is 5.56 Å². The average Bonchev–Trinajstić information content (AvgIpc) is 3.57. The zero-order valence-electron chi connectivity index (χ0n) is 18.4. The summed E-state index contributed by atoms with van der Waals surface area (Å²) in [6.07, 6.45) is 9.05. The van der Waals surface area contributed by atoms with E-state index in [1.165, 1.54) is 86.5 Å². The molecule has 32 heavy (non-hydrogen) atoms. The van der Waals surface area contributed by atoms with Crippen molar-refractivity contribution in [3.8, 4) is 11.1 Å². The van der Waals surface area contributed by atoms with Crippen LogP contribution in [0.25, 0.3) is 11.1 Å². The van der Waals surface area contributed by atoms with Crippen LogP contribution in [0.3, 0.4) is 0 Å². The van der Waals surface area contributed by atoms with Crippen molar-refractivity contribution in [2.24, 2.45) is 0 Å². The molecule has 1 fully saturated rings. The summed E-state index contributed by atoms with van der Waals surface area (Å²) in [5.41, 5.74) is 8.17. The molecule has 156 valence electrons. The minimum Gasteiger partial charge on any atom is -0.179 e. The van der Waals surface area contributed by atoms with E-state index in [0.717, 1.165) is 6.42 Å². The molecule has 0 amide bonds. The summed E-state index contributed by atoms with van der Waals surface area (Å²) in [7, 11) is 0. The maximum Gasteiger partial charge on any atom is -0.0253 e. The van der Waals surface area contributed by atoms with Crippen molar-refractivity contribution < 1.29 is 24.2 Å². The van der Waals surface area contributed by atoms with Crippen molar-refractivity contribution in [3.05, 3.63) is 138 Å². The van der Waals surface area contributed by atoms with Gasteiger partial charge in [-0.3, -0.25) is 0 Å². The molecule has 1 saturated carbocycles. The molecule has 0 saturated heterocycles. The van der Waals surface area contributed by atoms with Crippen LogP contribution in [-0.4, -0.2) is 3.21 Å². The molecule has 2 aliphatic rings. The van der Waals surface area contributed by atoms with E-state index in [2.05, 4.69) is 110 Å². The van der Waals surface area contributed by atoms with Crippen molar-refractivity contribution >= 4 is 3.21 Å². The molecule has 6 rings (SSSR count). The smallest absolute Gasteiger partial charge is 0.0253 e. The Balaban J connectivity index is 0.000000127. The van der Waals surface area contributed by atoms with Crippen LogP contribution < -0.4 is 0 Å². The van der Waals surface area contributed by atoms with E-state index < -0.39 is 0 Å². The van der Waals surface area contributed by atoms with Crippen molar-refractivity contribution in [2.75, 3.05) is 0 Å². The Morgan fingerprint density at radius 1 is 0.656 bits per heavy atom. The largest absolute Gasteiger partial charge is 0.179 e. The van der Waals surface area contributed by atoms with Gasteiger partial charge < -0.3 is 6.42 Å². The molecule has 4 aromatic rings. The molecule has 2 aliphatic carbocycles. The van der Waals surface area contributed by atoms with E-state index in [1.807, 2.05) is 6.07 Å². The Bertz CT molecular complexity index is 1030. The van der Waals surface area contributed by atoms with Crippen LogP contribution in [0.1, 0.15) is 47.9 Å². The third-order valence-corrected chi connectivity index (χ3v) is 7.23. The third-order valence-electron chi connectivity index (χ3n) is 5.81. The quantitative estimate of drug-likeness (QED) is 0.223. The summed E-state index contributed by atoms with van der Waals surface area (Å²) in [5, 5.41) is 0. The van der Waals surface area contributed by atoms with Gasteiger partial charge in [-0.25, -0.2) is 0 Å². The predicted octanol–water partition coefficient (Wildman–Crippen LogP) is 7.62. The minimum absolute atomic E-state index is 1.05. The minimum atomic E-state index is 1.05. The fourth-order valence-corrected chi connectivity index (χ4v) is 4.91. The van der Waals surface area contributed by atoms with Gasteiger partial charge in [0.2, 0.25) is 0 Å². The molecule has 0 N–H and O–H groups in total. The Morgan fingerprint density at radius 2 is 1.22 bits per heavy atom. The van der Waals surface area contributed by atoms with Gasteiger partial charge in [0.15, 0.2) is 0 Å². The fraction of sp³-hybridized carbons (Fsp3) is 0.161. The molecule has 0 unspecified atom stereocenters. The third kappa shape index (κ3) is 6.11. The molecule has 0 spiro atoms. The maximum atomic E-state index is 3.30. The number of fused-ring (bicyclic) bond motifs is 3. The molecule has 1 heteroatoms. The topological polar surface area (TPSA) is 0 Å². The first kappa shape index (κ1) is 22.8. The van der Waals surface area contributed by atoms with Crippen LogP contribution in [0.4, 0.5) is 0 Å². The molecular weight excluding hydrogens is 464 g/mol. The monoisotopic (exact) mass is 490 g/mol. The fourth-order valence-electron chi connectivity index (χ4n) is 4.10. The van der Waals surface area contributed by atoms with Gasteiger partial charge in [0, 0.05) is 0 Å². The van der Waals surface area contributed by atoms with Gasteiger partial charge in [0.25, 0.3) is 0 Å². The van der Waals surface area contributed by atoms with Crippen LogP contribution in [0.15, 0.2) is 103 Å². The van der Waals surface area contributed by atoms with E-state index in [-0.39, 0.29) is 0 Å². The first-order valence-electron chi connectivity index (χ1n) is 11.4. The molecule has 4 aromatic carbocycles. The molecule has 0 radical (unpaired) electrons. The standard InChI is InChI=1S/C13H9.C13H10.C5H9.Zr/c1-3-7-12-10(5-1)9-11-6-2-4-8-13(11)12;1-3-7-12(8-4-1)11-13-9-5-2-6-10-13;1-2-4-5-3-1;/h1-5,7-8H,9H2;1-10H;1H,2-5H2;/q-1;;-1;+2. The normalized spacial score (nSPS) is 13.1. The van der Waals surface area contributed by atoms with Crippen molar-refractivity contribution in [1.82, 2.24) is 0 Å². The van der Waals surface area contributed by atoms with E-state index in [4.69, 9.17) is 0 Å². The number of benzene rings is 4. The summed E-state index contributed by atoms with van der Waals surface area (Å²) in [4.78, 5) is 0. The molecule has 0 atom stereocenters. The molecule has 0 aliphatic heterocycles. The van der Waals surface area contributed by atoms with Gasteiger partial charge in [-0.2, -0.15) is 42.7 Å². The van der Waals surface area contributed by atoms with Crippen LogP contribution in [0.5, 0.6) is 0 Å². The Hall–Kier alpha value is -2.37. The van der Waals surface area contributed by atoms with E-state index >= 15 is 0 Å². The van der Waals surface area contributed by atoms with E-state index in [1.54, 1.807) is 0 Å². The summed E-state index contributed by atoms with van der Waals surface area (Å²) < 4.78 is 1.42. The Labute approximate surface area is 207 Å². The molecular formula is C31H28Zr. The summed E-state index contributed by atoms with van der Waals surface area (Å²) in [6.45, 7) is 0. The van der Waals surface area contributed by atoms with Crippen molar-refractivity contribution in [3.63, 3.8) is 0 Å². The molecule has 0 bridgehead atoms. The number of rotatable bonds is 2. The van der Waals surface area contributed by atoms with Gasteiger partial charge in [-0.05, 0) is 6.42 Å². The molecule has 0 nitrogen and oxygen atoms in total. The summed E-state index contributed by atoms with van der Waals surface area (Å²) in [5.74, 6) is 0.